The molecule has 0 atom stereocenters. The van der Waals surface area contributed by atoms with Gasteiger partial charge in [0, 0.05) is 10.2 Å². The predicted molar refractivity (Wildman–Crippen MR) is 96.0 cm³/mol. The first kappa shape index (κ1) is 16.5. The summed E-state index contributed by atoms with van der Waals surface area (Å²) >= 11 is 3.30. The van der Waals surface area contributed by atoms with Crippen molar-refractivity contribution >= 4 is 49.2 Å². The SMILES string of the molecule is O=C(Nc1ccc(Br)cc1)Nc1ccc2c(c1O)S(=O)(=O)CC=C2. The van der Waals surface area contributed by atoms with E-state index in [4.69, 9.17) is 0 Å². The number of aromatic hydroxyl groups is 1. The fourth-order valence-corrected chi connectivity index (χ4v) is 4.03. The number of hydrogen-bond donors (Lipinski definition) is 3. The molecule has 0 spiro atoms. The molecule has 6 nitrogen and oxygen atoms in total. The number of halogens is 1. The lowest BCUT2D eigenvalue weighted by Gasteiger charge is -2.16. The molecule has 0 saturated heterocycles. The van der Waals surface area contributed by atoms with Crippen LogP contribution in [-0.2, 0) is 9.84 Å². The number of anilines is 2. The third kappa shape index (κ3) is 3.29. The molecule has 2 amide bonds. The van der Waals surface area contributed by atoms with Gasteiger partial charge in [-0.1, -0.05) is 34.1 Å². The molecule has 1 heterocycles. The molecule has 0 unspecified atom stereocenters. The molecule has 0 aromatic heterocycles. The van der Waals surface area contributed by atoms with Gasteiger partial charge in [0.25, 0.3) is 0 Å². The van der Waals surface area contributed by atoms with E-state index >= 15 is 0 Å². The van der Waals surface area contributed by atoms with E-state index in [1.165, 1.54) is 18.2 Å². The zero-order valence-electron chi connectivity index (χ0n) is 12.3. The van der Waals surface area contributed by atoms with Gasteiger partial charge in [-0.2, -0.15) is 0 Å². The average Bonchev–Trinajstić information content (AvgIpc) is 2.51. The van der Waals surface area contributed by atoms with E-state index in [-0.39, 0.29) is 16.3 Å². The normalized spacial score (nSPS) is 14.7. The Morgan fingerprint density at radius 1 is 1.08 bits per heavy atom. The number of hydrogen-bond acceptors (Lipinski definition) is 4. The lowest BCUT2D eigenvalue weighted by atomic mass is 10.1. The van der Waals surface area contributed by atoms with Crippen LogP contribution < -0.4 is 10.6 Å². The summed E-state index contributed by atoms with van der Waals surface area (Å²) in [4.78, 5) is 11.9. The summed E-state index contributed by atoms with van der Waals surface area (Å²) < 4.78 is 25.1. The average molecular weight is 409 g/mol. The van der Waals surface area contributed by atoms with Crippen molar-refractivity contribution in [1.82, 2.24) is 0 Å². The first-order valence-corrected chi connectivity index (χ1v) is 9.40. The lowest BCUT2D eigenvalue weighted by molar-refractivity contribution is 0.262. The highest BCUT2D eigenvalue weighted by Gasteiger charge is 2.26. The van der Waals surface area contributed by atoms with Crippen LogP contribution in [0.25, 0.3) is 6.08 Å². The van der Waals surface area contributed by atoms with Gasteiger partial charge in [-0.15, -0.1) is 0 Å². The number of carbonyl (C=O) groups is 1. The van der Waals surface area contributed by atoms with Crippen molar-refractivity contribution in [3.8, 4) is 5.75 Å². The summed E-state index contributed by atoms with van der Waals surface area (Å²) in [6, 6.07) is 9.35. The van der Waals surface area contributed by atoms with Crippen molar-refractivity contribution < 1.29 is 18.3 Å². The number of urea groups is 1. The van der Waals surface area contributed by atoms with Crippen LogP contribution in [0, 0.1) is 0 Å². The molecule has 124 valence electrons. The maximum absolute atomic E-state index is 12.1. The first-order chi connectivity index (χ1) is 11.4. The zero-order valence-corrected chi connectivity index (χ0v) is 14.7. The summed E-state index contributed by atoms with van der Waals surface area (Å²) in [5, 5.41) is 15.3. The Bertz CT molecular complexity index is 937. The monoisotopic (exact) mass is 408 g/mol. The molecule has 0 fully saturated rings. The van der Waals surface area contributed by atoms with Crippen LogP contribution in [0.2, 0.25) is 0 Å². The van der Waals surface area contributed by atoms with E-state index in [0.717, 1.165) is 4.47 Å². The third-order valence-electron chi connectivity index (χ3n) is 3.44. The zero-order chi connectivity index (χ0) is 17.3. The molecule has 3 rings (SSSR count). The molecule has 2 aromatic rings. The van der Waals surface area contributed by atoms with Crippen LogP contribution in [-0.4, -0.2) is 25.3 Å². The Hall–Kier alpha value is -2.32. The molecule has 1 aliphatic rings. The molecule has 3 N–H and O–H groups in total. The topological polar surface area (TPSA) is 95.5 Å². The fourth-order valence-electron chi connectivity index (χ4n) is 2.35. The largest absolute Gasteiger partial charge is 0.504 e. The van der Waals surface area contributed by atoms with Gasteiger partial charge in [0.05, 0.1) is 11.4 Å². The Morgan fingerprint density at radius 3 is 2.50 bits per heavy atom. The number of fused-ring (bicyclic) bond motifs is 1. The summed E-state index contributed by atoms with van der Waals surface area (Å²) in [6.45, 7) is 0. The Kier molecular flexibility index (Phi) is 4.33. The van der Waals surface area contributed by atoms with Crippen LogP contribution in [0.3, 0.4) is 0 Å². The summed E-state index contributed by atoms with van der Waals surface area (Å²) in [5.74, 6) is -0.634. The number of amides is 2. The van der Waals surface area contributed by atoms with Gasteiger partial charge in [-0.3, -0.25) is 0 Å². The minimum absolute atomic E-state index is 0.0298. The van der Waals surface area contributed by atoms with Gasteiger partial charge in [0.15, 0.2) is 15.6 Å². The first-order valence-electron chi connectivity index (χ1n) is 6.96. The molecule has 2 aromatic carbocycles. The molecule has 1 aliphatic heterocycles. The fraction of sp³-hybridized carbons (Fsp3) is 0.0625. The number of sulfone groups is 1. The van der Waals surface area contributed by atoms with E-state index in [1.807, 2.05) is 0 Å². The second kappa shape index (κ2) is 6.29. The summed E-state index contributed by atoms with van der Waals surface area (Å²) in [6.07, 6.45) is 3.15. The van der Waals surface area contributed by atoms with Gasteiger partial charge in [-0.25, -0.2) is 13.2 Å². The minimum Gasteiger partial charge on any atom is -0.504 e. The van der Waals surface area contributed by atoms with Gasteiger partial charge in [-0.05, 0) is 35.9 Å². The van der Waals surface area contributed by atoms with Crippen molar-refractivity contribution in [2.75, 3.05) is 16.4 Å². The number of benzene rings is 2. The van der Waals surface area contributed by atoms with Crippen molar-refractivity contribution in [3.05, 3.63) is 52.5 Å². The highest BCUT2D eigenvalue weighted by molar-refractivity contribution is 9.10. The highest BCUT2D eigenvalue weighted by Crippen LogP contribution is 2.37. The molecule has 0 bridgehead atoms. The van der Waals surface area contributed by atoms with Crippen molar-refractivity contribution in [2.24, 2.45) is 0 Å². The van der Waals surface area contributed by atoms with Gasteiger partial charge < -0.3 is 15.7 Å². The van der Waals surface area contributed by atoms with Crippen molar-refractivity contribution in [3.63, 3.8) is 0 Å². The Morgan fingerprint density at radius 2 is 1.79 bits per heavy atom. The minimum atomic E-state index is -3.61. The molecule has 0 radical (unpaired) electrons. The highest BCUT2D eigenvalue weighted by atomic mass is 79.9. The van der Waals surface area contributed by atoms with Gasteiger partial charge in [0.2, 0.25) is 0 Å². The van der Waals surface area contributed by atoms with E-state index in [0.29, 0.717) is 11.3 Å². The second-order valence-corrected chi connectivity index (χ2v) is 8.04. The van der Waals surface area contributed by atoms with Gasteiger partial charge in [0.1, 0.15) is 4.90 Å². The van der Waals surface area contributed by atoms with E-state index in [1.54, 1.807) is 30.3 Å². The van der Waals surface area contributed by atoms with E-state index < -0.39 is 21.6 Å². The van der Waals surface area contributed by atoms with Crippen molar-refractivity contribution in [1.29, 1.82) is 0 Å². The molecule has 0 aliphatic carbocycles. The number of phenols is 1. The maximum atomic E-state index is 12.1. The van der Waals surface area contributed by atoms with Crippen LogP contribution in [0.15, 0.2) is 51.8 Å². The van der Waals surface area contributed by atoms with Gasteiger partial charge >= 0.3 is 6.03 Å². The van der Waals surface area contributed by atoms with E-state index in [9.17, 15) is 18.3 Å². The second-order valence-electron chi connectivity index (χ2n) is 5.15. The van der Waals surface area contributed by atoms with Crippen LogP contribution in [0.1, 0.15) is 5.56 Å². The standard InChI is InChI=1S/C16H13BrN2O4S/c17-11-4-6-12(7-5-11)18-16(21)19-13-8-3-10-2-1-9-24(22,23)15(10)14(13)20/h1-8,20H,9H2,(H2,18,19,21). The summed E-state index contributed by atoms with van der Waals surface area (Å²) in [5.41, 5.74) is 0.989. The quantitative estimate of drug-likeness (QED) is 0.661. The number of rotatable bonds is 2. The summed E-state index contributed by atoms with van der Waals surface area (Å²) in [7, 11) is -3.61. The van der Waals surface area contributed by atoms with E-state index in [2.05, 4.69) is 26.6 Å². The maximum Gasteiger partial charge on any atom is 0.323 e. The lowest BCUT2D eigenvalue weighted by Crippen LogP contribution is -2.20. The molecule has 0 saturated carbocycles. The number of carbonyl (C=O) groups excluding carboxylic acids is 1. The van der Waals surface area contributed by atoms with Crippen molar-refractivity contribution in [2.45, 2.75) is 4.90 Å². The molecular formula is C16H13BrN2O4S. The van der Waals surface area contributed by atoms with Crippen LogP contribution in [0.5, 0.6) is 5.75 Å². The third-order valence-corrected chi connectivity index (χ3v) is 5.65. The predicted octanol–water partition coefficient (Wildman–Crippen LogP) is 3.60. The van der Waals surface area contributed by atoms with Crippen LogP contribution in [0.4, 0.5) is 16.2 Å². The smallest absolute Gasteiger partial charge is 0.323 e. The molecular weight excluding hydrogens is 396 g/mol. The molecule has 8 heteroatoms. The Labute approximate surface area is 147 Å². The Balaban J connectivity index is 1.85. The van der Waals surface area contributed by atoms with Crippen LogP contribution >= 0.6 is 15.9 Å². The number of nitrogens with one attached hydrogen (secondary N) is 2. The molecule has 24 heavy (non-hydrogen) atoms. The number of phenolic OH excluding ortho intramolecular Hbond substituents is 1.